The highest BCUT2D eigenvalue weighted by Gasteiger charge is 2.28. The van der Waals surface area contributed by atoms with Crippen LogP contribution in [0.2, 0.25) is 0 Å². The van der Waals surface area contributed by atoms with Gasteiger partial charge < -0.3 is 19.3 Å². The third-order valence-corrected chi connectivity index (χ3v) is 5.85. The van der Waals surface area contributed by atoms with E-state index in [1.54, 1.807) is 13.8 Å². The largest absolute Gasteiger partial charge is 0.492 e. The zero-order chi connectivity index (χ0) is 21.9. The number of nitrogens with zero attached hydrogens (tertiary/aromatic N) is 3. The number of aromatic nitrogens is 2. The first-order valence-electron chi connectivity index (χ1n) is 10.3. The quantitative estimate of drug-likeness (QED) is 0.565. The van der Waals surface area contributed by atoms with Gasteiger partial charge in [-0.2, -0.15) is 0 Å². The van der Waals surface area contributed by atoms with Gasteiger partial charge in [-0.1, -0.05) is 25.1 Å². The second kappa shape index (κ2) is 8.88. The van der Waals surface area contributed by atoms with Crippen LogP contribution in [0.3, 0.4) is 0 Å². The second-order valence-electron chi connectivity index (χ2n) is 8.51. The average Bonchev–Trinajstić information content (AvgIpc) is 3.25. The number of rotatable bonds is 9. The smallest absolute Gasteiger partial charge is 0.312 e. The van der Waals surface area contributed by atoms with E-state index < -0.39 is 11.4 Å². The van der Waals surface area contributed by atoms with Crippen LogP contribution in [0, 0.1) is 5.41 Å². The van der Waals surface area contributed by atoms with Crippen molar-refractivity contribution in [1.82, 2.24) is 14.5 Å². The maximum absolute atomic E-state index is 11.3. The number of hydrogen-bond donors (Lipinski definition) is 1. The van der Waals surface area contributed by atoms with E-state index in [4.69, 9.17) is 4.74 Å². The summed E-state index contributed by atoms with van der Waals surface area (Å²) in [7, 11) is 2.14. The molecule has 2 unspecified atom stereocenters. The number of carboxylic acids is 1. The minimum absolute atomic E-state index is 0.121. The standard InChI is InChI=1S/C24H31N3O3/c1-6-26(5)17(2)22(27-12-11-25-16-27)20-8-7-19-14-21(10-9-18(19)13-20)30-15-24(3,4)23(28)29/h7-14,16-17,22H,6,15H2,1-5H3,(H,28,29). The SMILES string of the molecule is CCN(C)C(C)C(c1ccc2cc(OCC(C)(C)C(=O)O)ccc2c1)n1ccnc1. The van der Waals surface area contributed by atoms with Gasteiger partial charge in [0.1, 0.15) is 12.4 Å². The van der Waals surface area contributed by atoms with E-state index in [0.717, 1.165) is 17.3 Å². The molecule has 6 nitrogen and oxygen atoms in total. The van der Waals surface area contributed by atoms with E-state index in [1.807, 2.05) is 36.9 Å². The van der Waals surface area contributed by atoms with Crippen LogP contribution in [-0.4, -0.2) is 51.8 Å². The molecule has 3 rings (SSSR count). The van der Waals surface area contributed by atoms with Gasteiger partial charge in [0, 0.05) is 18.4 Å². The van der Waals surface area contributed by atoms with Crippen LogP contribution in [-0.2, 0) is 4.79 Å². The maximum Gasteiger partial charge on any atom is 0.312 e. The van der Waals surface area contributed by atoms with Gasteiger partial charge in [0.15, 0.2) is 0 Å². The van der Waals surface area contributed by atoms with Crippen molar-refractivity contribution < 1.29 is 14.6 Å². The summed E-state index contributed by atoms with van der Waals surface area (Å²) >= 11 is 0. The van der Waals surface area contributed by atoms with E-state index in [1.165, 1.54) is 5.56 Å². The van der Waals surface area contributed by atoms with Crippen molar-refractivity contribution in [2.45, 2.75) is 39.8 Å². The molecule has 0 aliphatic heterocycles. The van der Waals surface area contributed by atoms with Crippen LogP contribution < -0.4 is 4.74 Å². The number of likely N-dealkylation sites (N-methyl/N-ethyl adjacent to an activating group) is 1. The van der Waals surface area contributed by atoms with E-state index in [0.29, 0.717) is 11.8 Å². The summed E-state index contributed by atoms with van der Waals surface area (Å²) < 4.78 is 7.92. The third-order valence-electron chi connectivity index (χ3n) is 5.85. The van der Waals surface area contributed by atoms with Crippen LogP contribution >= 0.6 is 0 Å². The highest BCUT2D eigenvalue weighted by Crippen LogP contribution is 2.30. The van der Waals surface area contributed by atoms with Gasteiger partial charge in [0.2, 0.25) is 0 Å². The fourth-order valence-corrected chi connectivity index (χ4v) is 3.50. The zero-order valence-corrected chi connectivity index (χ0v) is 18.4. The van der Waals surface area contributed by atoms with Crippen molar-refractivity contribution in [3.05, 3.63) is 60.7 Å². The van der Waals surface area contributed by atoms with E-state index in [9.17, 15) is 9.90 Å². The predicted molar refractivity (Wildman–Crippen MR) is 119 cm³/mol. The molecule has 0 amide bonds. The van der Waals surface area contributed by atoms with Crippen molar-refractivity contribution in [2.75, 3.05) is 20.2 Å². The Labute approximate surface area is 178 Å². The number of ether oxygens (including phenoxy) is 1. The molecule has 0 fully saturated rings. The van der Waals surface area contributed by atoms with E-state index in [2.05, 4.69) is 53.5 Å². The van der Waals surface area contributed by atoms with Crippen molar-refractivity contribution >= 4 is 16.7 Å². The molecule has 6 heteroatoms. The first-order valence-corrected chi connectivity index (χ1v) is 10.3. The van der Waals surface area contributed by atoms with Gasteiger partial charge in [-0.25, -0.2) is 4.98 Å². The Morgan fingerprint density at radius 2 is 1.93 bits per heavy atom. The fourth-order valence-electron chi connectivity index (χ4n) is 3.50. The molecule has 30 heavy (non-hydrogen) atoms. The molecule has 160 valence electrons. The molecule has 2 aromatic carbocycles. The monoisotopic (exact) mass is 409 g/mol. The molecule has 3 aromatic rings. The Balaban J connectivity index is 1.89. The number of imidazole rings is 1. The molecule has 0 bridgehead atoms. The molecular formula is C24H31N3O3. The summed E-state index contributed by atoms with van der Waals surface area (Å²) in [6.07, 6.45) is 5.70. The van der Waals surface area contributed by atoms with Crippen LogP contribution in [0.15, 0.2) is 55.1 Å². The predicted octanol–water partition coefficient (Wildman–Crippen LogP) is 4.46. The minimum Gasteiger partial charge on any atom is -0.492 e. The Kier molecular flexibility index (Phi) is 6.46. The summed E-state index contributed by atoms with van der Waals surface area (Å²) in [6, 6.07) is 12.8. The summed E-state index contributed by atoms with van der Waals surface area (Å²) in [5.74, 6) is -0.195. The van der Waals surface area contributed by atoms with Crippen molar-refractivity contribution in [3.8, 4) is 5.75 Å². The molecule has 1 heterocycles. The Morgan fingerprint density at radius 1 is 1.23 bits per heavy atom. The molecule has 0 radical (unpaired) electrons. The Morgan fingerprint density at radius 3 is 2.57 bits per heavy atom. The lowest BCUT2D eigenvalue weighted by atomic mass is 9.95. The number of hydrogen-bond acceptors (Lipinski definition) is 4. The fraction of sp³-hybridized carbons (Fsp3) is 0.417. The summed E-state index contributed by atoms with van der Waals surface area (Å²) in [4.78, 5) is 17.9. The van der Waals surface area contributed by atoms with Gasteiger partial charge >= 0.3 is 5.97 Å². The topological polar surface area (TPSA) is 67.6 Å². The van der Waals surface area contributed by atoms with E-state index in [-0.39, 0.29) is 12.6 Å². The Hall–Kier alpha value is -2.86. The molecule has 2 atom stereocenters. The summed E-state index contributed by atoms with van der Waals surface area (Å²) in [5.41, 5.74) is 0.284. The van der Waals surface area contributed by atoms with Gasteiger partial charge in [-0.05, 0) is 68.9 Å². The minimum atomic E-state index is -0.932. The molecule has 0 saturated carbocycles. The normalized spacial score (nSPS) is 14.1. The highest BCUT2D eigenvalue weighted by atomic mass is 16.5. The molecule has 0 aliphatic carbocycles. The molecule has 0 saturated heterocycles. The average molecular weight is 410 g/mol. The number of benzene rings is 2. The van der Waals surface area contributed by atoms with Crippen LogP contribution in [0.1, 0.15) is 39.3 Å². The van der Waals surface area contributed by atoms with Gasteiger partial charge in [-0.15, -0.1) is 0 Å². The van der Waals surface area contributed by atoms with Gasteiger partial charge in [0.05, 0.1) is 17.8 Å². The highest BCUT2D eigenvalue weighted by molar-refractivity contribution is 5.84. The number of aliphatic carboxylic acids is 1. The number of fused-ring (bicyclic) bond motifs is 1. The lowest BCUT2D eigenvalue weighted by Crippen LogP contribution is -2.37. The van der Waals surface area contributed by atoms with Gasteiger partial charge in [-0.3, -0.25) is 4.79 Å². The maximum atomic E-state index is 11.3. The zero-order valence-electron chi connectivity index (χ0n) is 18.4. The number of carbonyl (C=O) groups is 1. The lowest BCUT2D eigenvalue weighted by Gasteiger charge is -2.32. The number of carboxylic acid groups (broad SMARTS) is 1. The molecule has 1 aromatic heterocycles. The lowest BCUT2D eigenvalue weighted by molar-refractivity contribution is -0.148. The third kappa shape index (κ3) is 4.65. The molecule has 0 spiro atoms. The van der Waals surface area contributed by atoms with Crippen LogP contribution in [0.5, 0.6) is 5.75 Å². The van der Waals surface area contributed by atoms with Crippen LogP contribution in [0.25, 0.3) is 10.8 Å². The van der Waals surface area contributed by atoms with Crippen molar-refractivity contribution in [2.24, 2.45) is 5.41 Å². The van der Waals surface area contributed by atoms with Crippen LogP contribution in [0.4, 0.5) is 0 Å². The summed E-state index contributed by atoms with van der Waals surface area (Å²) in [5, 5.41) is 11.4. The second-order valence-corrected chi connectivity index (χ2v) is 8.51. The van der Waals surface area contributed by atoms with Crippen molar-refractivity contribution in [1.29, 1.82) is 0 Å². The molecule has 1 N–H and O–H groups in total. The first-order chi connectivity index (χ1) is 14.2. The van der Waals surface area contributed by atoms with Gasteiger partial charge in [0.25, 0.3) is 0 Å². The van der Waals surface area contributed by atoms with E-state index >= 15 is 0 Å². The van der Waals surface area contributed by atoms with Crippen molar-refractivity contribution in [3.63, 3.8) is 0 Å². The first kappa shape index (κ1) is 21.8. The summed E-state index contributed by atoms with van der Waals surface area (Å²) in [6.45, 7) is 8.80. The Bertz CT molecular complexity index is 998. The molecular weight excluding hydrogens is 378 g/mol. The molecule has 0 aliphatic rings.